The lowest BCUT2D eigenvalue weighted by atomic mass is 10.1. The number of nitrogens with zero attached hydrogens (tertiary/aromatic N) is 2. The molecule has 1 N–H and O–H groups in total. The zero-order valence-electron chi connectivity index (χ0n) is 19.6. The molecule has 0 saturated heterocycles. The van der Waals surface area contributed by atoms with Gasteiger partial charge in [-0.1, -0.05) is 24.3 Å². The molecule has 1 amide bonds. The highest BCUT2D eigenvalue weighted by Crippen LogP contribution is 2.19. The molecule has 0 radical (unpaired) electrons. The summed E-state index contributed by atoms with van der Waals surface area (Å²) in [6, 6.07) is 15.1. The minimum absolute atomic E-state index is 0.00242. The summed E-state index contributed by atoms with van der Waals surface area (Å²) in [4.78, 5) is 35.6. The van der Waals surface area contributed by atoms with E-state index in [9.17, 15) is 18.0 Å². The molecule has 7 nitrogen and oxygen atoms in total. The SMILES string of the molecule is Cc1cc(C)nc(CS(=O)(=O)c2ccc(CC(=O)/C(=C/c3cccs3)NC(=O)c3cccs3)cc2)n1. The molecule has 0 saturated carbocycles. The van der Waals surface area contributed by atoms with E-state index in [4.69, 9.17) is 0 Å². The third-order valence-electron chi connectivity index (χ3n) is 5.12. The van der Waals surface area contributed by atoms with Crippen LogP contribution >= 0.6 is 22.7 Å². The summed E-state index contributed by atoms with van der Waals surface area (Å²) in [6.45, 7) is 3.58. The first kappa shape index (κ1) is 25.6. The van der Waals surface area contributed by atoms with Gasteiger partial charge in [0.15, 0.2) is 15.6 Å². The number of allylic oxidation sites excluding steroid dienone is 1. The summed E-state index contributed by atoms with van der Waals surface area (Å²) < 4.78 is 25.8. The molecule has 0 aliphatic heterocycles. The molecule has 0 aliphatic carbocycles. The van der Waals surface area contributed by atoms with Crippen molar-refractivity contribution in [1.82, 2.24) is 15.3 Å². The van der Waals surface area contributed by atoms with Crippen LogP contribution < -0.4 is 5.32 Å². The molecule has 0 atom stereocenters. The Balaban J connectivity index is 1.50. The summed E-state index contributed by atoms with van der Waals surface area (Å²) in [6.07, 6.45) is 1.66. The van der Waals surface area contributed by atoms with E-state index in [1.807, 2.05) is 17.5 Å². The molecule has 0 unspecified atom stereocenters. The van der Waals surface area contributed by atoms with E-state index in [0.29, 0.717) is 21.8 Å². The van der Waals surface area contributed by atoms with Crippen LogP contribution in [0.15, 0.2) is 75.9 Å². The Morgan fingerprint density at radius 3 is 2.22 bits per heavy atom. The average Bonchev–Trinajstić information content (AvgIpc) is 3.52. The molecule has 10 heteroatoms. The number of carbonyl (C=O) groups is 2. The average molecular weight is 538 g/mol. The predicted octanol–water partition coefficient (Wildman–Crippen LogP) is 4.77. The number of aryl methyl sites for hydroxylation is 2. The molecular formula is C26H23N3O4S3. The molecule has 0 aliphatic rings. The molecule has 1 aromatic carbocycles. The smallest absolute Gasteiger partial charge is 0.265 e. The van der Waals surface area contributed by atoms with Crippen LogP contribution in [0.3, 0.4) is 0 Å². The number of thiophene rings is 2. The summed E-state index contributed by atoms with van der Waals surface area (Å²) in [7, 11) is -3.66. The lowest BCUT2D eigenvalue weighted by molar-refractivity contribution is -0.115. The van der Waals surface area contributed by atoms with Crippen LogP contribution in [0.1, 0.15) is 37.3 Å². The number of rotatable bonds is 9. The first-order valence-electron chi connectivity index (χ1n) is 11.0. The fraction of sp³-hybridized carbons (Fsp3) is 0.154. The molecule has 4 aromatic rings. The summed E-state index contributed by atoms with van der Waals surface area (Å²) in [5.74, 6) is -0.698. The van der Waals surface area contributed by atoms with Gasteiger partial charge in [0.05, 0.1) is 15.5 Å². The van der Waals surface area contributed by atoms with Crippen LogP contribution in [-0.4, -0.2) is 30.1 Å². The van der Waals surface area contributed by atoms with Crippen molar-refractivity contribution >= 4 is 50.3 Å². The Bertz CT molecular complexity index is 1490. The van der Waals surface area contributed by atoms with Gasteiger partial charge >= 0.3 is 0 Å². The van der Waals surface area contributed by atoms with Crippen molar-refractivity contribution < 1.29 is 18.0 Å². The topological polar surface area (TPSA) is 106 Å². The van der Waals surface area contributed by atoms with Gasteiger partial charge in [-0.05, 0) is 66.6 Å². The summed E-state index contributed by atoms with van der Waals surface area (Å²) in [5.41, 5.74) is 2.22. The van der Waals surface area contributed by atoms with Gasteiger partial charge in [-0.3, -0.25) is 9.59 Å². The lowest BCUT2D eigenvalue weighted by Gasteiger charge is -2.10. The Morgan fingerprint density at radius 1 is 0.944 bits per heavy atom. The van der Waals surface area contributed by atoms with Gasteiger partial charge < -0.3 is 5.32 Å². The van der Waals surface area contributed by atoms with Gasteiger partial charge in [0.1, 0.15) is 11.6 Å². The van der Waals surface area contributed by atoms with Crippen molar-refractivity contribution in [2.45, 2.75) is 30.9 Å². The van der Waals surface area contributed by atoms with Crippen LogP contribution in [0.4, 0.5) is 0 Å². The highest BCUT2D eigenvalue weighted by Gasteiger charge is 2.19. The fourth-order valence-corrected chi connectivity index (χ4v) is 5.97. The standard InChI is InChI=1S/C26H23N3O4S3/c1-17-13-18(2)28-25(27-17)16-36(32,33)21-9-7-19(8-10-21)14-23(30)22(15-20-5-3-11-34-20)29-26(31)24-6-4-12-35-24/h3-13,15H,14,16H2,1-2H3,(H,29,31)/b22-15-. The zero-order valence-corrected chi connectivity index (χ0v) is 22.0. The van der Waals surface area contributed by atoms with Gasteiger partial charge in [0, 0.05) is 22.7 Å². The second-order valence-corrected chi connectivity index (χ2v) is 12.0. The number of aromatic nitrogens is 2. The number of Topliss-reactive ketones (excluding diaryl/α,β-unsaturated/α-hetero) is 1. The van der Waals surface area contributed by atoms with Crippen molar-refractivity contribution in [1.29, 1.82) is 0 Å². The molecule has 3 aromatic heterocycles. The van der Waals surface area contributed by atoms with Crippen LogP contribution in [0.2, 0.25) is 0 Å². The minimum atomic E-state index is -3.66. The van der Waals surface area contributed by atoms with Crippen LogP contribution in [0, 0.1) is 13.8 Å². The number of ketones is 1. The monoisotopic (exact) mass is 537 g/mol. The first-order chi connectivity index (χ1) is 17.2. The van der Waals surface area contributed by atoms with Gasteiger partial charge in [-0.15, -0.1) is 22.7 Å². The molecule has 0 bridgehead atoms. The van der Waals surface area contributed by atoms with Crippen molar-refractivity contribution in [2.24, 2.45) is 0 Å². The van der Waals surface area contributed by atoms with E-state index in [1.54, 1.807) is 55.6 Å². The third-order valence-corrected chi connectivity index (χ3v) is 8.43. The molecule has 36 heavy (non-hydrogen) atoms. The number of hydrogen-bond acceptors (Lipinski definition) is 8. The number of hydrogen-bond donors (Lipinski definition) is 1. The second-order valence-electron chi connectivity index (χ2n) is 8.07. The number of nitrogens with one attached hydrogen (secondary N) is 1. The van der Waals surface area contributed by atoms with E-state index < -0.39 is 9.84 Å². The van der Waals surface area contributed by atoms with Crippen LogP contribution in [-0.2, 0) is 26.8 Å². The Morgan fingerprint density at radius 2 is 1.61 bits per heavy atom. The lowest BCUT2D eigenvalue weighted by Crippen LogP contribution is -2.27. The molecular weight excluding hydrogens is 515 g/mol. The first-order valence-corrected chi connectivity index (χ1v) is 14.4. The molecule has 4 rings (SSSR count). The minimum Gasteiger partial charge on any atom is -0.318 e. The third kappa shape index (κ3) is 6.60. The Kier molecular flexibility index (Phi) is 7.88. The predicted molar refractivity (Wildman–Crippen MR) is 142 cm³/mol. The van der Waals surface area contributed by atoms with Gasteiger partial charge in [-0.25, -0.2) is 18.4 Å². The van der Waals surface area contributed by atoms with E-state index in [1.165, 1.54) is 34.8 Å². The molecule has 3 heterocycles. The number of carbonyl (C=O) groups excluding carboxylic acids is 2. The zero-order chi connectivity index (χ0) is 25.7. The highest BCUT2D eigenvalue weighted by atomic mass is 32.2. The Hall–Kier alpha value is -3.47. The highest BCUT2D eigenvalue weighted by molar-refractivity contribution is 7.90. The van der Waals surface area contributed by atoms with E-state index >= 15 is 0 Å². The normalized spacial score (nSPS) is 11.9. The van der Waals surface area contributed by atoms with E-state index in [0.717, 1.165) is 4.88 Å². The second kappa shape index (κ2) is 11.1. The molecule has 0 fully saturated rings. The summed E-state index contributed by atoms with van der Waals surface area (Å²) in [5, 5.41) is 6.41. The van der Waals surface area contributed by atoms with Crippen molar-refractivity contribution in [3.05, 3.63) is 104 Å². The maximum Gasteiger partial charge on any atom is 0.265 e. The van der Waals surface area contributed by atoms with E-state index in [2.05, 4.69) is 15.3 Å². The fourth-order valence-electron chi connectivity index (χ4n) is 3.51. The van der Waals surface area contributed by atoms with Gasteiger partial charge in [0.2, 0.25) is 0 Å². The maximum absolute atomic E-state index is 13.1. The molecule has 0 spiro atoms. The van der Waals surface area contributed by atoms with Crippen molar-refractivity contribution in [3.8, 4) is 0 Å². The Labute approximate surface area is 217 Å². The van der Waals surface area contributed by atoms with Crippen LogP contribution in [0.25, 0.3) is 6.08 Å². The van der Waals surface area contributed by atoms with E-state index in [-0.39, 0.29) is 40.3 Å². The van der Waals surface area contributed by atoms with Crippen LogP contribution in [0.5, 0.6) is 0 Å². The quantitative estimate of drug-likeness (QED) is 0.308. The number of benzene rings is 1. The maximum atomic E-state index is 13.1. The molecule has 184 valence electrons. The summed E-state index contributed by atoms with van der Waals surface area (Å²) >= 11 is 2.74. The largest absolute Gasteiger partial charge is 0.318 e. The van der Waals surface area contributed by atoms with Crippen molar-refractivity contribution in [3.63, 3.8) is 0 Å². The van der Waals surface area contributed by atoms with Gasteiger partial charge in [-0.2, -0.15) is 0 Å². The number of amides is 1. The van der Waals surface area contributed by atoms with Crippen molar-refractivity contribution in [2.75, 3.05) is 0 Å². The van der Waals surface area contributed by atoms with Gasteiger partial charge in [0.25, 0.3) is 5.91 Å². The number of sulfone groups is 1.